The van der Waals surface area contributed by atoms with Gasteiger partial charge in [-0.05, 0) is 46.0 Å². The van der Waals surface area contributed by atoms with E-state index in [9.17, 15) is 0 Å². The van der Waals surface area contributed by atoms with Gasteiger partial charge in [-0.3, -0.25) is 4.98 Å². The van der Waals surface area contributed by atoms with Gasteiger partial charge in [-0.2, -0.15) is 0 Å². The number of pyridine rings is 1. The predicted octanol–water partition coefficient (Wildman–Crippen LogP) is 2.66. The van der Waals surface area contributed by atoms with Crippen molar-refractivity contribution in [3.8, 4) is 0 Å². The van der Waals surface area contributed by atoms with Crippen LogP contribution in [0.15, 0.2) is 18.5 Å². The molecule has 4 heteroatoms. The standard InChI is InChI=1S/C14H26N4/c1-4-7-16-13-10-14(12-15-11-13)17-8-5-6-9-18(2)3/h10-12,16-17H,4-9H2,1-3H3. The van der Waals surface area contributed by atoms with Gasteiger partial charge >= 0.3 is 0 Å². The quantitative estimate of drug-likeness (QED) is 0.661. The van der Waals surface area contributed by atoms with E-state index in [1.807, 2.05) is 12.4 Å². The first-order chi connectivity index (χ1) is 8.72. The summed E-state index contributed by atoms with van der Waals surface area (Å²) in [5.41, 5.74) is 2.19. The van der Waals surface area contributed by atoms with E-state index in [0.29, 0.717) is 0 Å². The molecule has 0 aliphatic heterocycles. The van der Waals surface area contributed by atoms with Crippen LogP contribution in [0.25, 0.3) is 0 Å². The van der Waals surface area contributed by atoms with E-state index in [0.717, 1.165) is 37.4 Å². The molecule has 0 spiro atoms. The van der Waals surface area contributed by atoms with Gasteiger partial charge in [-0.25, -0.2) is 0 Å². The van der Waals surface area contributed by atoms with Crippen LogP contribution in [0, 0.1) is 0 Å². The van der Waals surface area contributed by atoms with Gasteiger partial charge in [0.25, 0.3) is 0 Å². The maximum absolute atomic E-state index is 4.23. The number of nitrogens with zero attached hydrogens (tertiary/aromatic N) is 2. The van der Waals surface area contributed by atoms with Crippen molar-refractivity contribution >= 4 is 11.4 Å². The molecule has 1 aromatic heterocycles. The van der Waals surface area contributed by atoms with E-state index in [2.05, 4.69) is 47.6 Å². The fourth-order valence-electron chi connectivity index (χ4n) is 1.69. The molecular formula is C14H26N4. The van der Waals surface area contributed by atoms with Crippen molar-refractivity contribution in [2.75, 3.05) is 44.4 Å². The summed E-state index contributed by atoms with van der Waals surface area (Å²) in [6.07, 6.45) is 7.28. The summed E-state index contributed by atoms with van der Waals surface area (Å²) in [7, 11) is 4.22. The van der Waals surface area contributed by atoms with Gasteiger partial charge in [-0.15, -0.1) is 0 Å². The Morgan fingerprint density at radius 1 is 1.06 bits per heavy atom. The molecule has 1 aromatic rings. The third-order valence-electron chi connectivity index (χ3n) is 2.68. The van der Waals surface area contributed by atoms with Crippen molar-refractivity contribution in [3.63, 3.8) is 0 Å². The van der Waals surface area contributed by atoms with Crippen molar-refractivity contribution in [2.24, 2.45) is 0 Å². The molecule has 0 unspecified atom stereocenters. The number of hydrogen-bond donors (Lipinski definition) is 2. The monoisotopic (exact) mass is 250 g/mol. The Morgan fingerprint density at radius 3 is 2.33 bits per heavy atom. The highest BCUT2D eigenvalue weighted by Gasteiger charge is 1.96. The number of nitrogens with one attached hydrogen (secondary N) is 2. The van der Waals surface area contributed by atoms with Gasteiger partial charge < -0.3 is 15.5 Å². The number of hydrogen-bond acceptors (Lipinski definition) is 4. The van der Waals surface area contributed by atoms with Gasteiger partial charge in [0, 0.05) is 13.1 Å². The van der Waals surface area contributed by atoms with E-state index in [1.165, 1.54) is 12.8 Å². The SMILES string of the molecule is CCCNc1cncc(NCCCCN(C)C)c1. The van der Waals surface area contributed by atoms with Crippen LogP contribution in [0.1, 0.15) is 26.2 Å². The third kappa shape index (κ3) is 6.45. The molecule has 0 bridgehead atoms. The third-order valence-corrected chi connectivity index (χ3v) is 2.68. The predicted molar refractivity (Wildman–Crippen MR) is 79.3 cm³/mol. The van der Waals surface area contributed by atoms with Crippen molar-refractivity contribution in [1.82, 2.24) is 9.88 Å². The molecule has 102 valence electrons. The van der Waals surface area contributed by atoms with Crippen molar-refractivity contribution in [1.29, 1.82) is 0 Å². The van der Waals surface area contributed by atoms with Crippen LogP contribution >= 0.6 is 0 Å². The lowest BCUT2D eigenvalue weighted by Gasteiger charge is -2.11. The number of rotatable bonds is 9. The summed E-state index contributed by atoms with van der Waals surface area (Å²) < 4.78 is 0. The molecule has 1 heterocycles. The first-order valence-corrected chi connectivity index (χ1v) is 6.80. The normalized spacial score (nSPS) is 10.7. The molecule has 4 nitrogen and oxygen atoms in total. The van der Waals surface area contributed by atoms with Crippen molar-refractivity contribution < 1.29 is 0 Å². The summed E-state index contributed by atoms with van der Waals surface area (Å²) >= 11 is 0. The average molecular weight is 250 g/mol. The smallest absolute Gasteiger partial charge is 0.0547 e. The first kappa shape index (κ1) is 14.8. The summed E-state index contributed by atoms with van der Waals surface area (Å²) in [4.78, 5) is 6.45. The van der Waals surface area contributed by atoms with E-state index < -0.39 is 0 Å². The molecule has 0 aromatic carbocycles. The molecule has 0 amide bonds. The lowest BCUT2D eigenvalue weighted by Crippen LogP contribution is -2.14. The maximum atomic E-state index is 4.23. The van der Waals surface area contributed by atoms with Crippen LogP contribution in [0.2, 0.25) is 0 Å². The highest BCUT2D eigenvalue weighted by atomic mass is 15.0. The maximum Gasteiger partial charge on any atom is 0.0547 e. The summed E-state index contributed by atoms with van der Waals surface area (Å²) in [6.45, 7) is 5.31. The fourth-order valence-corrected chi connectivity index (χ4v) is 1.69. The van der Waals surface area contributed by atoms with Crippen LogP contribution in [-0.4, -0.2) is 43.6 Å². The highest BCUT2D eigenvalue weighted by molar-refractivity contribution is 5.53. The second kappa shape index (κ2) is 8.75. The Hall–Kier alpha value is -1.29. The van der Waals surface area contributed by atoms with E-state index in [-0.39, 0.29) is 0 Å². The van der Waals surface area contributed by atoms with E-state index in [1.54, 1.807) is 0 Å². The Morgan fingerprint density at radius 2 is 1.72 bits per heavy atom. The molecular weight excluding hydrogens is 224 g/mol. The van der Waals surface area contributed by atoms with Crippen LogP contribution in [0.4, 0.5) is 11.4 Å². The largest absolute Gasteiger partial charge is 0.384 e. The number of anilines is 2. The molecule has 0 aliphatic rings. The molecule has 0 radical (unpaired) electrons. The van der Waals surface area contributed by atoms with Crippen molar-refractivity contribution in [3.05, 3.63) is 18.5 Å². The molecule has 2 N–H and O–H groups in total. The summed E-state index contributed by atoms with van der Waals surface area (Å²) in [5, 5.41) is 6.76. The molecule has 1 rings (SSSR count). The van der Waals surface area contributed by atoms with Gasteiger partial charge in [0.1, 0.15) is 0 Å². The zero-order chi connectivity index (χ0) is 13.2. The molecule has 18 heavy (non-hydrogen) atoms. The second-order valence-corrected chi connectivity index (χ2v) is 4.83. The Kier molecular flexibility index (Phi) is 7.18. The minimum Gasteiger partial charge on any atom is -0.384 e. The lowest BCUT2D eigenvalue weighted by atomic mass is 10.3. The van der Waals surface area contributed by atoms with Crippen LogP contribution in [0.3, 0.4) is 0 Å². The Balaban J connectivity index is 2.24. The Bertz CT molecular complexity index is 325. The molecule has 0 saturated carbocycles. The minimum absolute atomic E-state index is 0.994. The van der Waals surface area contributed by atoms with E-state index in [4.69, 9.17) is 0 Å². The lowest BCUT2D eigenvalue weighted by molar-refractivity contribution is 0.396. The molecule has 0 fully saturated rings. The molecule has 0 aliphatic carbocycles. The number of unbranched alkanes of at least 4 members (excludes halogenated alkanes) is 1. The van der Waals surface area contributed by atoms with Crippen LogP contribution < -0.4 is 10.6 Å². The molecule has 0 saturated heterocycles. The Labute approximate surface area is 111 Å². The minimum atomic E-state index is 0.994. The summed E-state index contributed by atoms with van der Waals surface area (Å²) in [5.74, 6) is 0. The zero-order valence-electron chi connectivity index (χ0n) is 11.9. The fraction of sp³-hybridized carbons (Fsp3) is 0.643. The van der Waals surface area contributed by atoms with E-state index >= 15 is 0 Å². The van der Waals surface area contributed by atoms with Gasteiger partial charge in [0.2, 0.25) is 0 Å². The van der Waals surface area contributed by atoms with Gasteiger partial charge in [0.15, 0.2) is 0 Å². The van der Waals surface area contributed by atoms with Gasteiger partial charge in [0.05, 0.1) is 23.8 Å². The second-order valence-electron chi connectivity index (χ2n) is 4.83. The topological polar surface area (TPSA) is 40.2 Å². The number of aromatic nitrogens is 1. The van der Waals surface area contributed by atoms with Crippen LogP contribution in [0.5, 0.6) is 0 Å². The summed E-state index contributed by atoms with van der Waals surface area (Å²) in [6, 6.07) is 2.12. The zero-order valence-corrected chi connectivity index (χ0v) is 11.9. The van der Waals surface area contributed by atoms with Crippen LogP contribution in [-0.2, 0) is 0 Å². The highest BCUT2D eigenvalue weighted by Crippen LogP contribution is 2.12. The molecule has 0 atom stereocenters. The van der Waals surface area contributed by atoms with Gasteiger partial charge in [-0.1, -0.05) is 6.92 Å². The average Bonchev–Trinajstić information content (AvgIpc) is 2.36. The first-order valence-electron chi connectivity index (χ1n) is 6.80. The van der Waals surface area contributed by atoms with Crippen molar-refractivity contribution in [2.45, 2.75) is 26.2 Å².